The van der Waals surface area contributed by atoms with E-state index in [1.807, 2.05) is 0 Å². The molecule has 0 aliphatic rings. The van der Waals surface area contributed by atoms with E-state index < -0.39 is 40.2 Å². The Labute approximate surface area is 277 Å². The Hall–Kier alpha value is -5.39. The summed E-state index contributed by atoms with van der Waals surface area (Å²) in [6.07, 6.45) is -4.23. The highest BCUT2D eigenvalue weighted by atomic mass is 35.5. The van der Waals surface area contributed by atoms with Crippen LogP contribution in [-0.4, -0.2) is 37.2 Å². The molecule has 1 N–H and O–H groups in total. The second-order valence-corrected chi connectivity index (χ2v) is 11.9. The molecule has 0 amide bonds. The summed E-state index contributed by atoms with van der Waals surface area (Å²) >= 11 is 7.54. The third-order valence-corrected chi connectivity index (χ3v) is 8.76. The van der Waals surface area contributed by atoms with E-state index in [-0.39, 0.29) is 41.1 Å². The zero-order valence-electron chi connectivity index (χ0n) is 24.8. The number of carboxylic acids is 1. The van der Waals surface area contributed by atoms with Crippen LogP contribution < -0.4 is 10.3 Å². The summed E-state index contributed by atoms with van der Waals surface area (Å²) in [5, 5.41) is 21.2. The number of carbonyl (C=O) groups is 1. The maximum atomic E-state index is 14.2. The number of alkyl halides is 3. The summed E-state index contributed by atoms with van der Waals surface area (Å²) in [6.45, 7) is 2.94. The minimum atomic E-state index is -4.95. The number of carboxylic acid groups (broad SMARTS) is 1. The second kappa shape index (κ2) is 12.3. The minimum Gasteiger partial charge on any atom is -0.491 e. The molecule has 4 heterocycles. The lowest BCUT2D eigenvalue weighted by molar-refractivity contribution is -0.137. The van der Waals surface area contributed by atoms with Gasteiger partial charge in [0.1, 0.15) is 30.1 Å². The monoisotopic (exact) mass is 693 g/mol. The van der Waals surface area contributed by atoms with Crippen LogP contribution in [0.15, 0.2) is 58.8 Å². The van der Waals surface area contributed by atoms with Crippen molar-refractivity contribution in [1.29, 1.82) is 5.26 Å². The zero-order chi connectivity index (χ0) is 34.5. The van der Waals surface area contributed by atoms with E-state index >= 15 is 0 Å². The number of hydrogen-bond donors (Lipinski definition) is 1. The number of aromatic nitrogens is 4. The summed E-state index contributed by atoms with van der Waals surface area (Å²) in [4.78, 5) is 38.0. The highest BCUT2D eigenvalue weighted by molar-refractivity contribution is 7.18. The minimum absolute atomic E-state index is 0.0561. The molecule has 242 valence electrons. The molecule has 4 aromatic heterocycles. The van der Waals surface area contributed by atoms with E-state index in [0.29, 0.717) is 43.9 Å². The quantitative estimate of drug-likeness (QED) is 0.168. The molecule has 15 heteroatoms. The van der Waals surface area contributed by atoms with E-state index in [1.165, 1.54) is 28.2 Å². The van der Waals surface area contributed by atoms with Crippen molar-refractivity contribution in [3.8, 4) is 34.2 Å². The maximum Gasteiger partial charge on any atom is 0.417 e. The van der Waals surface area contributed by atoms with Crippen LogP contribution in [0.5, 0.6) is 5.75 Å². The first-order valence-corrected chi connectivity index (χ1v) is 15.3. The fraction of sp³-hybridized carbons (Fsp3) is 0.152. The molecule has 0 aliphatic heterocycles. The number of rotatable bonds is 7. The number of benzene rings is 2. The number of fused-ring (bicyclic) bond motifs is 2. The Morgan fingerprint density at radius 3 is 2.56 bits per heavy atom. The number of aryl methyl sites for hydroxylation is 2. The second-order valence-electron chi connectivity index (χ2n) is 10.6. The molecule has 0 fully saturated rings. The van der Waals surface area contributed by atoms with Gasteiger partial charge in [-0.1, -0.05) is 11.6 Å². The molecular weight excluding hydrogens is 674 g/mol. The molecule has 0 saturated carbocycles. The van der Waals surface area contributed by atoms with Crippen LogP contribution in [0.3, 0.4) is 0 Å². The molecule has 6 rings (SSSR count). The van der Waals surface area contributed by atoms with Crippen molar-refractivity contribution in [2.75, 3.05) is 6.61 Å². The molecule has 0 saturated heterocycles. The average Bonchev–Trinajstić information content (AvgIpc) is 3.46. The van der Waals surface area contributed by atoms with Crippen LogP contribution in [0.2, 0.25) is 5.02 Å². The van der Waals surface area contributed by atoms with E-state index in [0.717, 1.165) is 18.3 Å². The highest BCUT2D eigenvalue weighted by Crippen LogP contribution is 2.42. The van der Waals surface area contributed by atoms with Crippen molar-refractivity contribution >= 4 is 50.0 Å². The van der Waals surface area contributed by atoms with Gasteiger partial charge in [0.2, 0.25) is 0 Å². The van der Waals surface area contributed by atoms with Gasteiger partial charge in [-0.15, -0.1) is 11.3 Å². The smallest absolute Gasteiger partial charge is 0.417 e. The number of thiophene rings is 1. The van der Waals surface area contributed by atoms with Crippen molar-refractivity contribution in [3.63, 3.8) is 0 Å². The standard InChI is InChI=1S/C33H20ClF4N5O4S/c1-15-9-20(30-29(41-15)22(14-48-30)32(45)46)19-10-17(34)3-6-26(19)47-8-7-43-16(2)42-25-11-23(33(36,37)38)27(21(12-39)28(25)31(43)44)24-5-4-18(35)13-40-24/h3-6,9-11,13-14H,7-8H2,1-2H3,(H,45,46). The Morgan fingerprint density at radius 2 is 1.90 bits per heavy atom. The summed E-state index contributed by atoms with van der Waals surface area (Å²) in [5.41, 5.74) is -1.84. The third-order valence-electron chi connectivity index (χ3n) is 7.52. The molecule has 0 radical (unpaired) electrons. The first-order chi connectivity index (χ1) is 22.8. The largest absolute Gasteiger partial charge is 0.491 e. The number of pyridine rings is 2. The van der Waals surface area contributed by atoms with Gasteiger partial charge in [-0.05, 0) is 56.3 Å². The molecule has 0 bridgehead atoms. The van der Waals surface area contributed by atoms with Crippen LogP contribution >= 0.6 is 22.9 Å². The number of aromatic carboxylic acids is 1. The van der Waals surface area contributed by atoms with Crippen LogP contribution in [0.1, 0.15) is 33.0 Å². The lowest BCUT2D eigenvalue weighted by Gasteiger charge is -2.18. The summed E-state index contributed by atoms with van der Waals surface area (Å²) in [7, 11) is 0. The molecule has 9 nitrogen and oxygen atoms in total. The van der Waals surface area contributed by atoms with Crippen molar-refractivity contribution in [1.82, 2.24) is 19.5 Å². The molecule has 0 unspecified atom stereocenters. The predicted molar refractivity (Wildman–Crippen MR) is 171 cm³/mol. The summed E-state index contributed by atoms with van der Waals surface area (Å²) < 4.78 is 64.1. The maximum absolute atomic E-state index is 14.2. The van der Waals surface area contributed by atoms with Crippen LogP contribution in [0.4, 0.5) is 17.6 Å². The molecule has 48 heavy (non-hydrogen) atoms. The van der Waals surface area contributed by atoms with Gasteiger partial charge >= 0.3 is 12.1 Å². The lowest BCUT2D eigenvalue weighted by Crippen LogP contribution is -2.27. The fourth-order valence-corrected chi connectivity index (χ4v) is 6.64. The van der Waals surface area contributed by atoms with Gasteiger partial charge in [-0.2, -0.15) is 18.4 Å². The lowest BCUT2D eigenvalue weighted by atomic mass is 9.94. The van der Waals surface area contributed by atoms with Crippen molar-refractivity contribution in [2.45, 2.75) is 26.6 Å². The molecule has 6 aromatic rings. The predicted octanol–water partition coefficient (Wildman–Crippen LogP) is 7.81. The molecule has 0 aliphatic carbocycles. The molecule has 0 atom stereocenters. The SMILES string of the molecule is Cc1cc(-c2cc(Cl)ccc2OCCn2c(C)nc3cc(C(F)(F)F)c(-c4ccc(F)cn4)c(C#N)c3c2=O)c2scc(C(=O)O)c2n1. The van der Waals surface area contributed by atoms with Crippen molar-refractivity contribution in [2.24, 2.45) is 0 Å². The molecule has 0 spiro atoms. The number of nitrogens with zero attached hydrogens (tertiary/aromatic N) is 5. The van der Waals surface area contributed by atoms with E-state index in [4.69, 9.17) is 16.3 Å². The van der Waals surface area contributed by atoms with Gasteiger partial charge in [-0.25, -0.2) is 14.2 Å². The van der Waals surface area contributed by atoms with Crippen LogP contribution in [0.25, 0.3) is 43.5 Å². The summed E-state index contributed by atoms with van der Waals surface area (Å²) in [6, 6.07) is 11.0. The normalized spacial score (nSPS) is 11.6. The van der Waals surface area contributed by atoms with Gasteiger partial charge in [0.15, 0.2) is 0 Å². The van der Waals surface area contributed by atoms with Crippen LogP contribution in [-0.2, 0) is 12.7 Å². The van der Waals surface area contributed by atoms with Gasteiger partial charge in [0, 0.05) is 32.8 Å². The van der Waals surface area contributed by atoms with Crippen molar-refractivity contribution < 1.29 is 32.2 Å². The van der Waals surface area contributed by atoms with Gasteiger partial charge in [-0.3, -0.25) is 19.3 Å². The Morgan fingerprint density at radius 1 is 1.12 bits per heavy atom. The molecule has 2 aromatic carbocycles. The first-order valence-electron chi connectivity index (χ1n) is 14.0. The Balaban J connectivity index is 1.41. The number of ether oxygens (including phenoxy) is 1. The Bertz CT molecular complexity index is 2380. The zero-order valence-corrected chi connectivity index (χ0v) is 26.4. The van der Waals surface area contributed by atoms with Gasteiger partial charge < -0.3 is 9.84 Å². The number of hydrogen-bond acceptors (Lipinski definition) is 8. The first kappa shape index (κ1) is 32.5. The Kier molecular flexibility index (Phi) is 8.36. The third kappa shape index (κ3) is 5.82. The highest BCUT2D eigenvalue weighted by Gasteiger charge is 2.37. The van der Waals surface area contributed by atoms with E-state index in [1.54, 1.807) is 37.3 Å². The van der Waals surface area contributed by atoms with E-state index in [9.17, 15) is 37.5 Å². The summed E-state index contributed by atoms with van der Waals surface area (Å²) in [5.74, 6) is -1.48. The van der Waals surface area contributed by atoms with Gasteiger partial charge in [0.25, 0.3) is 5.56 Å². The molecular formula is C33H20ClF4N5O4S. The van der Waals surface area contributed by atoms with Crippen LogP contribution in [0, 0.1) is 31.0 Å². The fourth-order valence-electron chi connectivity index (χ4n) is 5.45. The topological polar surface area (TPSA) is 131 Å². The van der Waals surface area contributed by atoms with Gasteiger partial charge in [0.05, 0.1) is 56.2 Å². The van der Waals surface area contributed by atoms with E-state index in [2.05, 4.69) is 15.0 Å². The number of halogens is 5. The average molecular weight is 694 g/mol. The number of nitriles is 1. The van der Waals surface area contributed by atoms with Crippen molar-refractivity contribution in [3.05, 3.63) is 103 Å².